The number of aromatic amines is 1. The van der Waals surface area contributed by atoms with E-state index in [4.69, 9.17) is 15.2 Å². The molecule has 0 radical (unpaired) electrons. The van der Waals surface area contributed by atoms with Crippen LogP contribution >= 0.6 is 0 Å². The van der Waals surface area contributed by atoms with Crippen LogP contribution < -0.4 is 26.6 Å². The van der Waals surface area contributed by atoms with Crippen LogP contribution in [-0.2, 0) is 16.1 Å². The molecule has 2 aromatic rings. The van der Waals surface area contributed by atoms with E-state index < -0.39 is 29.1 Å². The zero-order chi connectivity index (χ0) is 21.6. The minimum Gasteiger partial charge on any atom is -0.481 e. The van der Waals surface area contributed by atoms with Crippen LogP contribution in [0.5, 0.6) is 5.75 Å². The Morgan fingerprint density at radius 2 is 1.97 bits per heavy atom. The molecule has 3 N–H and O–H groups in total. The second-order valence-electron chi connectivity index (χ2n) is 6.34. The summed E-state index contributed by atoms with van der Waals surface area (Å²) < 4.78 is 24.9. The Kier molecular flexibility index (Phi) is 7.54. The maximum absolute atomic E-state index is 13.1. The van der Waals surface area contributed by atoms with E-state index in [1.54, 1.807) is 0 Å². The van der Waals surface area contributed by atoms with E-state index in [9.17, 15) is 18.8 Å². The van der Waals surface area contributed by atoms with Crippen molar-refractivity contribution in [1.29, 1.82) is 0 Å². The molecule has 29 heavy (non-hydrogen) atoms. The number of rotatable bonds is 9. The Hall–Kier alpha value is -3.14. The minimum absolute atomic E-state index is 0.0179. The lowest BCUT2D eigenvalue weighted by atomic mass is 10.2. The van der Waals surface area contributed by atoms with Gasteiger partial charge in [0, 0.05) is 20.2 Å². The predicted molar refractivity (Wildman–Crippen MR) is 107 cm³/mol. The number of nitrogens with zero attached hydrogens (tertiary/aromatic N) is 2. The van der Waals surface area contributed by atoms with Crippen LogP contribution in [0.2, 0.25) is 0 Å². The molecular weight excluding hydrogens is 383 g/mol. The van der Waals surface area contributed by atoms with E-state index in [-0.39, 0.29) is 37.0 Å². The van der Waals surface area contributed by atoms with Crippen LogP contribution in [0.1, 0.15) is 20.3 Å². The van der Waals surface area contributed by atoms with Gasteiger partial charge in [0.25, 0.3) is 11.5 Å². The summed E-state index contributed by atoms with van der Waals surface area (Å²) >= 11 is 0. The topological polar surface area (TPSA) is 120 Å². The Bertz CT molecular complexity index is 955. The normalized spacial score (nSPS) is 11.9. The number of aromatic nitrogens is 2. The first-order valence-electron chi connectivity index (χ1n) is 9.15. The Morgan fingerprint density at radius 1 is 1.31 bits per heavy atom. The number of H-pyrrole nitrogens is 1. The molecule has 1 heterocycles. The van der Waals surface area contributed by atoms with Crippen LogP contribution in [-0.4, -0.2) is 41.8 Å². The fourth-order valence-electron chi connectivity index (χ4n) is 2.79. The lowest BCUT2D eigenvalue weighted by Gasteiger charge is -2.27. The Morgan fingerprint density at radius 3 is 2.55 bits per heavy atom. The van der Waals surface area contributed by atoms with Crippen molar-refractivity contribution in [3.05, 3.63) is 50.9 Å². The van der Waals surface area contributed by atoms with Crippen molar-refractivity contribution in [1.82, 2.24) is 9.55 Å². The highest BCUT2D eigenvalue weighted by molar-refractivity contribution is 5.98. The number of ether oxygens (including phenoxy) is 2. The molecular formula is C19H25FN4O5. The summed E-state index contributed by atoms with van der Waals surface area (Å²) in [6, 6.07) is 5.19. The van der Waals surface area contributed by atoms with Crippen molar-refractivity contribution in [2.45, 2.75) is 32.9 Å². The predicted octanol–water partition coefficient (Wildman–Crippen LogP) is 1.11. The van der Waals surface area contributed by atoms with Crippen LogP contribution in [0.4, 0.5) is 15.9 Å². The van der Waals surface area contributed by atoms with Gasteiger partial charge in [-0.15, -0.1) is 0 Å². The lowest BCUT2D eigenvalue weighted by molar-refractivity contribution is -0.124. The number of carbonyl (C=O) groups excluding carboxylic acids is 1. The molecule has 10 heteroatoms. The van der Waals surface area contributed by atoms with Gasteiger partial charge in [0.05, 0.1) is 6.61 Å². The number of hydrogen-bond acceptors (Lipinski definition) is 6. The van der Waals surface area contributed by atoms with E-state index in [0.717, 1.165) is 4.90 Å². The Balaban J connectivity index is 2.41. The smallest absolute Gasteiger partial charge is 0.330 e. The second-order valence-corrected chi connectivity index (χ2v) is 6.34. The van der Waals surface area contributed by atoms with Gasteiger partial charge in [-0.05, 0) is 37.6 Å². The molecule has 0 aliphatic rings. The molecule has 0 aliphatic carbocycles. The number of halogens is 1. The molecule has 0 saturated carbocycles. The molecule has 0 aliphatic heterocycles. The average molecular weight is 408 g/mol. The highest BCUT2D eigenvalue weighted by Crippen LogP contribution is 2.20. The van der Waals surface area contributed by atoms with Gasteiger partial charge in [0.15, 0.2) is 11.8 Å². The first kappa shape index (κ1) is 22.2. The van der Waals surface area contributed by atoms with Crippen LogP contribution in [0.25, 0.3) is 0 Å². The molecule has 1 amide bonds. The van der Waals surface area contributed by atoms with Gasteiger partial charge in [-0.2, -0.15) is 0 Å². The summed E-state index contributed by atoms with van der Waals surface area (Å²) in [4.78, 5) is 40.9. The van der Waals surface area contributed by atoms with Crippen molar-refractivity contribution in [2.24, 2.45) is 0 Å². The molecule has 1 atom stereocenters. The van der Waals surface area contributed by atoms with Crippen molar-refractivity contribution in [3.63, 3.8) is 0 Å². The molecule has 158 valence electrons. The number of amides is 1. The fourth-order valence-corrected chi connectivity index (χ4v) is 2.79. The van der Waals surface area contributed by atoms with Crippen molar-refractivity contribution in [3.8, 4) is 5.75 Å². The van der Waals surface area contributed by atoms with Crippen molar-refractivity contribution >= 4 is 17.4 Å². The first-order chi connectivity index (χ1) is 13.8. The summed E-state index contributed by atoms with van der Waals surface area (Å²) in [5, 5.41) is 0. The number of nitrogen functional groups attached to an aromatic ring is 1. The van der Waals surface area contributed by atoms with E-state index >= 15 is 0 Å². The molecule has 2 rings (SSSR count). The maximum atomic E-state index is 13.1. The van der Waals surface area contributed by atoms with Gasteiger partial charge in [0.2, 0.25) is 0 Å². The summed E-state index contributed by atoms with van der Waals surface area (Å²) in [6.07, 6.45) is -0.409. The van der Waals surface area contributed by atoms with E-state index in [1.807, 2.05) is 6.92 Å². The summed E-state index contributed by atoms with van der Waals surface area (Å²) in [5.41, 5.74) is 4.51. The lowest BCUT2D eigenvalue weighted by Crippen LogP contribution is -2.47. The number of benzene rings is 1. The van der Waals surface area contributed by atoms with Crippen LogP contribution in [0.3, 0.4) is 0 Å². The zero-order valence-electron chi connectivity index (χ0n) is 16.6. The largest absolute Gasteiger partial charge is 0.481 e. The maximum Gasteiger partial charge on any atom is 0.330 e. The molecule has 0 spiro atoms. The average Bonchev–Trinajstić information content (AvgIpc) is 2.68. The monoisotopic (exact) mass is 408 g/mol. The molecule has 0 saturated heterocycles. The zero-order valence-corrected chi connectivity index (χ0v) is 16.6. The first-order valence-corrected chi connectivity index (χ1v) is 9.15. The highest BCUT2D eigenvalue weighted by atomic mass is 19.1. The third kappa shape index (κ3) is 5.23. The van der Waals surface area contributed by atoms with Crippen LogP contribution in [0, 0.1) is 5.82 Å². The molecule has 0 bridgehead atoms. The summed E-state index contributed by atoms with van der Waals surface area (Å²) in [6.45, 7) is 3.77. The molecule has 9 nitrogen and oxygen atoms in total. The Labute approximate surface area is 166 Å². The molecule has 0 fully saturated rings. The molecule has 0 unspecified atom stereocenters. The van der Waals surface area contributed by atoms with E-state index in [1.165, 1.54) is 42.9 Å². The van der Waals surface area contributed by atoms with Gasteiger partial charge < -0.3 is 15.2 Å². The van der Waals surface area contributed by atoms with E-state index in [2.05, 4.69) is 4.98 Å². The second kappa shape index (κ2) is 9.87. The number of hydrogen-bond donors (Lipinski definition) is 2. The SMILES string of the molecule is CCCn1c(N)c(N(CCOC)C(=O)[C@H](C)Oc2ccc(F)cc2)c(=O)[nH]c1=O. The number of nitrogens with two attached hydrogens (primary N) is 1. The third-order valence-electron chi connectivity index (χ3n) is 4.19. The molecule has 1 aromatic heterocycles. The van der Waals surface area contributed by atoms with Gasteiger partial charge in [-0.25, -0.2) is 9.18 Å². The highest BCUT2D eigenvalue weighted by Gasteiger charge is 2.28. The summed E-state index contributed by atoms with van der Waals surface area (Å²) in [7, 11) is 1.45. The summed E-state index contributed by atoms with van der Waals surface area (Å²) in [5.74, 6) is -0.823. The third-order valence-corrected chi connectivity index (χ3v) is 4.19. The van der Waals surface area contributed by atoms with Crippen molar-refractivity contribution in [2.75, 3.05) is 30.9 Å². The van der Waals surface area contributed by atoms with Gasteiger partial charge in [-0.1, -0.05) is 6.92 Å². The van der Waals surface area contributed by atoms with Gasteiger partial charge >= 0.3 is 5.69 Å². The number of nitrogens with one attached hydrogen (secondary N) is 1. The van der Waals surface area contributed by atoms with Gasteiger partial charge in [0.1, 0.15) is 17.4 Å². The fraction of sp³-hybridized carbons (Fsp3) is 0.421. The number of methoxy groups -OCH3 is 1. The number of anilines is 2. The van der Waals surface area contributed by atoms with Crippen molar-refractivity contribution < 1.29 is 18.7 Å². The van der Waals surface area contributed by atoms with Crippen LogP contribution in [0.15, 0.2) is 33.9 Å². The standard InChI is InChI=1S/C19H25FN4O5/c1-4-9-24-16(21)15(17(25)22-19(24)27)23(10-11-28-3)18(26)12(2)29-14-7-5-13(20)6-8-14/h5-8,12H,4,9-11,21H2,1-3H3,(H,22,25,27)/t12-/m0/s1. The van der Waals surface area contributed by atoms with Gasteiger partial charge in [-0.3, -0.25) is 24.0 Å². The molecule has 1 aromatic carbocycles. The number of carbonyl (C=O) groups is 1. The minimum atomic E-state index is -1.01. The van der Waals surface area contributed by atoms with E-state index in [0.29, 0.717) is 6.42 Å². The quantitative estimate of drug-likeness (QED) is 0.642.